The molecule has 0 spiro atoms. The Morgan fingerprint density at radius 1 is 1.37 bits per heavy atom. The third-order valence-corrected chi connectivity index (χ3v) is 5.02. The van der Waals surface area contributed by atoms with Crippen molar-refractivity contribution in [2.75, 3.05) is 0 Å². The van der Waals surface area contributed by atoms with E-state index < -0.39 is 0 Å². The molecule has 2 heteroatoms. The van der Waals surface area contributed by atoms with Crippen LogP contribution in [-0.4, -0.2) is 12.1 Å². The van der Waals surface area contributed by atoms with Crippen LogP contribution in [0.1, 0.15) is 60.8 Å². The maximum atomic E-state index is 11.5. The van der Waals surface area contributed by atoms with E-state index >= 15 is 0 Å². The van der Waals surface area contributed by atoms with Gasteiger partial charge in [-0.3, -0.25) is 4.79 Å². The van der Waals surface area contributed by atoms with E-state index in [2.05, 4.69) is 34.6 Å². The second-order valence-corrected chi connectivity index (χ2v) is 7.45. The quantitative estimate of drug-likeness (QED) is 0.547. The molecule has 0 saturated carbocycles. The summed E-state index contributed by atoms with van der Waals surface area (Å²) in [6.45, 7) is 13.0. The average molecular weight is 264 g/mol. The molecule has 0 aliphatic heterocycles. The Hall–Kier alpha value is -0.790. The lowest BCUT2D eigenvalue weighted by Crippen LogP contribution is -2.42. The molecule has 0 fully saturated rings. The van der Waals surface area contributed by atoms with Crippen molar-refractivity contribution in [1.29, 1.82) is 0 Å². The lowest BCUT2D eigenvalue weighted by atomic mass is 9.64. The molecule has 2 aliphatic carbocycles. The Morgan fingerprint density at radius 2 is 2.00 bits per heavy atom. The molecule has 19 heavy (non-hydrogen) atoms. The fourth-order valence-corrected chi connectivity index (χ4v) is 4.06. The topological polar surface area (TPSA) is 26.3 Å². The molecule has 2 rings (SSSR count). The van der Waals surface area contributed by atoms with Crippen LogP contribution in [-0.2, 0) is 9.53 Å². The molecule has 0 saturated heterocycles. The van der Waals surface area contributed by atoms with Gasteiger partial charge in [0, 0.05) is 12.3 Å². The Balaban J connectivity index is 2.44. The standard InChI is InChI=1S/C17H28O2/c1-10(2)14-9-17(5,6)16(19-12(4)18)15-11(3)7-8-13(14)15/h10-11,14,16H,7-9H2,1-6H3/t11-,14-,16-/m1/s1. The summed E-state index contributed by atoms with van der Waals surface area (Å²) in [5.74, 6) is 1.77. The third kappa shape index (κ3) is 2.59. The third-order valence-electron chi connectivity index (χ3n) is 5.02. The second-order valence-electron chi connectivity index (χ2n) is 7.45. The van der Waals surface area contributed by atoms with Crippen LogP contribution < -0.4 is 0 Å². The smallest absolute Gasteiger partial charge is 0.303 e. The Morgan fingerprint density at radius 3 is 2.53 bits per heavy atom. The SMILES string of the molecule is CC(=O)O[C@@H]1C2=C(CC[C@H]2C)[C@@H](C(C)C)CC1(C)C. The van der Waals surface area contributed by atoms with Crippen LogP contribution in [0.2, 0.25) is 0 Å². The number of hydrogen-bond acceptors (Lipinski definition) is 2. The Bertz CT molecular complexity index is 403. The average Bonchev–Trinajstić information content (AvgIpc) is 2.63. The van der Waals surface area contributed by atoms with E-state index in [1.807, 2.05) is 0 Å². The van der Waals surface area contributed by atoms with Gasteiger partial charge in [-0.15, -0.1) is 0 Å². The zero-order valence-electron chi connectivity index (χ0n) is 13.2. The Kier molecular flexibility index (Phi) is 3.81. The molecule has 0 unspecified atom stereocenters. The highest BCUT2D eigenvalue weighted by Crippen LogP contribution is 2.53. The van der Waals surface area contributed by atoms with Crippen LogP contribution in [0.4, 0.5) is 0 Å². The molecule has 0 bridgehead atoms. The van der Waals surface area contributed by atoms with Gasteiger partial charge in [-0.25, -0.2) is 0 Å². The lowest BCUT2D eigenvalue weighted by Gasteiger charge is -2.45. The number of rotatable bonds is 2. The number of esters is 1. The zero-order chi connectivity index (χ0) is 14.4. The monoisotopic (exact) mass is 264 g/mol. The van der Waals surface area contributed by atoms with Gasteiger partial charge in [-0.2, -0.15) is 0 Å². The normalized spacial score (nSPS) is 33.5. The number of carbonyl (C=O) groups excluding carboxylic acids is 1. The zero-order valence-corrected chi connectivity index (χ0v) is 13.2. The first-order valence-electron chi connectivity index (χ1n) is 7.64. The van der Waals surface area contributed by atoms with Gasteiger partial charge in [0.1, 0.15) is 6.10 Å². The minimum atomic E-state index is -0.146. The summed E-state index contributed by atoms with van der Waals surface area (Å²) in [5, 5.41) is 0. The van der Waals surface area contributed by atoms with Crippen molar-refractivity contribution in [2.45, 2.75) is 66.9 Å². The van der Waals surface area contributed by atoms with Crippen LogP contribution in [0.15, 0.2) is 11.1 Å². The minimum Gasteiger partial charge on any atom is -0.457 e. The van der Waals surface area contributed by atoms with E-state index in [0.29, 0.717) is 17.8 Å². The molecular formula is C17H28O2. The second kappa shape index (κ2) is 4.96. The van der Waals surface area contributed by atoms with Crippen molar-refractivity contribution >= 4 is 5.97 Å². The maximum Gasteiger partial charge on any atom is 0.303 e. The first-order valence-corrected chi connectivity index (χ1v) is 7.64. The van der Waals surface area contributed by atoms with Gasteiger partial charge in [-0.05, 0) is 42.6 Å². The van der Waals surface area contributed by atoms with Crippen molar-refractivity contribution in [3.8, 4) is 0 Å². The first-order chi connectivity index (χ1) is 8.74. The van der Waals surface area contributed by atoms with Gasteiger partial charge in [0.05, 0.1) is 0 Å². The largest absolute Gasteiger partial charge is 0.457 e. The van der Waals surface area contributed by atoms with E-state index in [-0.39, 0.29) is 17.5 Å². The number of carbonyl (C=O) groups is 1. The van der Waals surface area contributed by atoms with Crippen molar-refractivity contribution < 1.29 is 9.53 Å². The van der Waals surface area contributed by atoms with E-state index in [1.165, 1.54) is 25.3 Å². The highest BCUT2D eigenvalue weighted by molar-refractivity contribution is 5.66. The first kappa shape index (κ1) is 14.6. The van der Waals surface area contributed by atoms with Crippen LogP contribution in [0, 0.1) is 23.2 Å². The fourth-order valence-electron chi connectivity index (χ4n) is 4.06. The van der Waals surface area contributed by atoms with Crippen molar-refractivity contribution in [3.05, 3.63) is 11.1 Å². The predicted octanol–water partition coefficient (Wildman–Crippen LogP) is 4.35. The van der Waals surface area contributed by atoms with Crippen LogP contribution in [0.3, 0.4) is 0 Å². The number of ether oxygens (including phenoxy) is 1. The summed E-state index contributed by atoms with van der Waals surface area (Å²) in [5.41, 5.74) is 3.11. The van der Waals surface area contributed by atoms with Crippen molar-refractivity contribution in [2.24, 2.45) is 23.2 Å². The summed E-state index contributed by atoms with van der Waals surface area (Å²) in [4.78, 5) is 11.5. The fraction of sp³-hybridized carbons (Fsp3) is 0.824. The van der Waals surface area contributed by atoms with Gasteiger partial charge >= 0.3 is 5.97 Å². The van der Waals surface area contributed by atoms with Gasteiger partial charge in [0.2, 0.25) is 0 Å². The van der Waals surface area contributed by atoms with Crippen LogP contribution in [0.5, 0.6) is 0 Å². The van der Waals surface area contributed by atoms with Gasteiger partial charge in [0.25, 0.3) is 0 Å². The summed E-state index contributed by atoms with van der Waals surface area (Å²) < 4.78 is 5.72. The summed E-state index contributed by atoms with van der Waals surface area (Å²) >= 11 is 0. The Labute approximate surface area is 117 Å². The lowest BCUT2D eigenvalue weighted by molar-refractivity contribution is -0.151. The molecule has 0 aromatic rings. The molecule has 3 atom stereocenters. The van der Waals surface area contributed by atoms with Gasteiger partial charge in [-0.1, -0.05) is 40.2 Å². The molecule has 0 radical (unpaired) electrons. The van der Waals surface area contributed by atoms with E-state index in [4.69, 9.17) is 4.74 Å². The van der Waals surface area contributed by atoms with Crippen molar-refractivity contribution in [1.82, 2.24) is 0 Å². The predicted molar refractivity (Wildman–Crippen MR) is 77.7 cm³/mol. The maximum absolute atomic E-state index is 11.5. The summed E-state index contributed by atoms with van der Waals surface area (Å²) in [6, 6.07) is 0. The highest BCUT2D eigenvalue weighted by atomic mass is 16.5. The molecule has 0 N–H and O–H groups in total. The van der Waals surface area contributed by atoms with Gasteiger partial charge in [0.15, 0.2) is 0 Å². The number of allylic oxidation sites excluding steroid dienone is 1. The molecule has 0 aromatic carbocycles. The summed E-state index contributed by atoms with van der Waals surface area (Å²) in [6.07, 6.45) is 3.55. The minimum absolute atomic E-state index is 0.00694. The van der Waals surface area contributed by atoms with Crippen LogP contribution in [0.25, 0.3) is 0 Å². The molecule has 108 valence electrons. The summed E-state index contributed by atoms with van der Waals surface area (Å²) in [7, 11) is 0. The molecule has 0 amide bonds. The molecule has 0 heterocycles. The molecule has 0 aromatic heterocycles. The molecular weight excluding hydrogens is 236 g/mol. The van der Waals surface area contributed by atoms with Gasteiger partial charge < -0.3 is 4.74 Å². The van der Waals surface area contributed by atoms with Crippen LogP contribution >= 0.6 is 0 Å². The van der Waals surface area contributed by atoms with E-state index in [0.717, 1.165) is 6.42 Å². The van der Waals surface area contributed by atoms with E-state index in [1.54, 1.807) is 5.57 Å². The number of hydrogen-bond donors (Lipinski definition) is 0. The highest BCUT2D eigenvalue weighted by Gasteiger charge is 2.47. The molecule has 2 aliphatic rings. The molecule has 2 nitrogen and oxygen atoms in total. The van der Waals surface area contributed by atoms with E-state index in [9.17, 15) is 4.79 Å². The van der Waals surface area contributed by atoms with Crippen molar-refractivity contribution in [3.63, 3.8) is 0 Å².